The number of ether oxygens (including phenoxy) is 2. The van der Waals surface area contributed by atoms with Gasteiger partial charge in [0.2, 0.25) is 0 Å². The van der Waals surface area contributed by atoms with E-state index in [2.05, 4.69) is 5.32 Å². The van der Waals surface area contributed by atoms with Crippen LogP contribution in [0, 0.1) is 0 Å². The van der Waals surface area contributed by atoms with E-state index in [9.17, 15) is 9.59 Å². The number of benzene rings is 2. The van der Waals surface area contributed by atoms with E-state index in [1.54, 1.807) is 42.5 Å². The normalized spacial score (nSPS) is 10.7. The Balaban J connectivity index is 1.85. The number of anilines is 1. The second-order valence-electron chi connectivity index (χ2n) is 5.78. The third kappa shape index (κ3) is 6.02. The molecule has 7 heteroatoms. The summed E-state index contributed by atoms with van der Waals surface area (Å²) in [6.07, 6.45) is 0.131. The van der Waals surface area contributed by atoms with Crippen LogP contribution in [0.2, 0.25) is 10.0 Å². The van der Waals surface area contributed by atoms with Crippen molar-refractivity contribution < 1.29 is 19.1 Å². The molecule has 2 aromatic carbocycles. The molecule has 1 N–H and O–H groups in total. The lowest BCUT2D eigenvalue weighted by Crippen LogP contribution is -2.21. The van der Waals surface area contributed by atoms with Gasteiger partial charge in [-0.1, -0.05) is 41.4 Å². The van der Waals surface area contributed by atoms with Crippen molar-refractivity contribution in [1.29, 1.82) is 0 Å². The highest BCUT2D eigenvalue weighted by Gasteiger charge is 2.12. The van der Waals surface area contributed by atoms with Crippen LogP contribution >= 0.6 is 23.2 Å². The second-order valence-corrected chi connectivity index (χ2v) is 6.57. The third-order valence-corrected chi connectivity index (χ3v) is 4.15. The lowest BCUT2D eigenvalue weighted by Gasteiger charge is -2.09. The zero-order chi connectivity index (χ0) is 19.1. The van der Waals surface area contributed by atoms with Gasteiger partial charge in [-0.15, -0.1) is 0 Å². The Morgan fingerprint density at radius 3 is 2.42 bits per heavy atom. The number of carbonyl (C=O) groups is 2. The molecule has 0 spiro atoms. The summed E-state index contributed by atoms with van der Waals surface area (Å²) in [5.41, 5.74) is 1.66. The molecule has 26 heavy (non-hydrogen) atoms. The second kappa shape index (κ2) is 9.57. The number of halogens is 2. The highest BCUT2D eigenvalue weighted by atomic mass is 35.5. The minimum atomic E-state index is -0.589. The van der Waals surface area contributed by atoms with Crippen LogP contribution in [0.15, 0.2) is 42.5 Å². The molecule has 0 saturated carbocycles. The first kappa shape index (κ1) is 20.2. The number of rotatable bonds is 7. The van der Waals surface area contributed by atoms with Crippen LogP contribution in [0.4, 0.5) is 5.69 Å². The zero-order valence-electron chi connectivity index (χ0n) is 14.4. The standard InChI is InChI=1S/C19H19Cl2NO4/c1-12(2)25-10-13-6-8-14(9-7-13)19(24)26-11-17(23)22-16-5-3-4-15(20)18(16)21/h3-9,12H,10-11H2,1-2H3,(H,22,23). The van der Waals surface area contributed by atoms with Gasteiger partial charge in [-0.05, 0) is 43.7 Å². The first-order valence-electron chi connectivity index (χ1n) is 7.98. The highest BCUT2D eigenvalue weighted by molar-refractivity contribution is 6.44. The molecule has 2 aromatic rings. The smallest absolute Gasteiger partial charge is 0.338 e. The summed E-state index contributed by atoms with van der Waals surface area (Å²) in [5, 5.41) is 3.10. The molecule has 0 aromatic heterocycles. The summed E-state index contributed by atoms with van der Waals surface area (Å²) in [6.45, 7) is 3.94. The molecule has 0 aliphatic rings. The van der Waals surface area contributed by atoms with E-state index in [-0.39, 0.29) is 11.1 Å². The summed E-state index contributed by atoms with van der Waals surface area (Å²) in [7, 11) is 0. The fourth-order valence-corrected chi connectivity index (χ4v) is 2.35. The Bertz CT molecular complexity index is 776. The predicted molar refractivity (Wildman–Crippen MR) is 102 cm³/mol. The Kier molecular flexibility index (Phi) is 7.45. The van der Waals surface area contributed by atoms with E-state index in [4.69, 9.17) is 32.7 Å². The molecule has 138 valence electrons. The van der Waals surface area contributed by atoms with E-state index >= 15 is 0 Å². The van der Waals surface area contributed by atoms with Crippen molar-refractivity contribution in [2.45, 2.75) is 26.6 Å². The average molecular weight is 396 g/mol. The average Bonchev–Trinajstić information content (AvgIpc) is 2.62. The summed E-state index contributed by atoms with van der Waals surface area (Å²) in [6, 6.07) is 11.7. The molecule has 0 unspecified atom stereocenters. The fraction of sp³-hybridized carbons (Fsp3) is 0.263. The quantitative estimate of drug-likeness (QED) is 0.689. The summed E-state index contributed by atoms with van der Waals surface area (Å²) < 4.78 is 10.5. The molecule has 0 fully saturated rings. The molecule has 0 saturated heterocycles. The summed E-state index contributed by atoms with van der Waals surface area (Å²) in [4.78, 5) is 23.9. The van der Waals surface area contributed by atoms with Gasteiger partial charge in [0, 0.05) is 0 Å². The van der Waals surface area contributed by atoms with Crippen molar-refractivity contribution >= 4 is 40.8 Å². The Morgan fingerprint density at radius 2 is 1.77 bits per heavy atom. The molecule has 2 rings (SSSR count). The number of amides is 1. The van der Waals surface area contributed by atoms with Gasteiger partial charge in [0.05, 0.1) is 34.0 Å². The Labute approximate surface area is 162 Å². The minimum absolute atomic E-state index is 0.131. The topological polar surface area (TPSA) is 64.6 Å². The van der Waals surface area contributed by atoms with Gasteiger partial charge in [-0.3, -0.25) is 4.79 Å². The van der Waals surface area contributed by atoms with Crippen molar-refractivity contribution in [1.82, 2.24) is 0 Å². The molecule has 1 amide bonds. The SMILES string of the molecule is CC(C)OCc1ccc(C(=O)OCC(=O)Nc2cccc(Cl)c2Cl)cc1. The van der Waals surface area contributed by atoms with E-state index in [1.165, 1.54) is 0 Å². The maximum atomic E-state index is 12.0. The maximum absolute atomic E-state index is 12.0. The van der Waals surface area contributed by atoms with Gasteiger partial charge in [0.1, 0.15) is 0 Å². The van der Waals surface area contributed by atoms with Crippen LogP contribution in [0.1, 0.15) is 29.8 Å². The molecule has 0 aliphatic carbocycles. The Morgan fingerprint density at radius 1 is 1.08 bits per heavy atom. The molecule has 5 nitrogen and oxygen atoms in total. The largest absolute Gasteiger partial charge is 0.452 e. The van der Waals surface area contributed by atoms with Crippen LogP contribution in [-0.4, -0.2) is 24.6 Å². The first-order chi connectivity index (χ1) is 12.4. The summed E-state index contributed by atoms with van der Waals surface area (Å²) in [5.74, 6) is -1.10. The van der Waals surface area contributed by atoms with Gasteiger partial charge >= 0.3 is 5.97 Å². The minimum Gasteiger partial charge on any atom is -0.452 e. The van der Waals surface area contributed by atoms with Crippen molar-refractivity contribution in [2.24, 2.45) is 0 Å². The van der Waals surface area contributed by atoms with Crippen LogP contribution in [0.5, 0.6) is 0 Å². The molecule has 0 radical (unpaired) electrons. The molecule has 0 bridgehead atoms. The van der Waals surface area contributed by atoms with E-state index in [0.717, 1.165) is 5.56 Å². The first-order valence-corrected chi connectivity index (χ1v) is 8.74. The van der Waals surface area contributed by atoms with Crippen molar-refractivity contribution in [3.63, 3.8) is 0 Å². The van der Waals surface area contributed by atoms with Crippen LogP contribution in [-0.2, 0) is 20.9 Å². The van der Waals surface area contributed by atoms with Gasteiger partial charge in [0.15, 0.2) is 6.61 Å². The highest BCUT2D eigenvalue weighted by Crippen LogP contribution is 2.29. The van der Waals surface area contributed by atoms with Crippen molar-refractivity contribution in [3.8, 4) is 0 Å². The van der Waals surface area contributed by atoms with Gasteiger partial charge < -0.3 is 14.8 Å². The molecular formula is C19H19Cl2NO4. The van der Waals surface area contributed by atoms with E-state index in [1.807, 2.05) is 13.8 Å². The molecule has 0 heterocycles. The van der Waals surface area contributed by atoms with E-state index in [0.29, 0.717) is 22.9 Å². The van der Waals surface area contributed by atoms with Crippen LogP contribution in [0.25, 0.3) is 0 Å². The summed E-state index contributed by atoms with van der Waals surface area (Å²) >= 11 is 11.9. The number of hydrogen-bond donors (Lipinski definition) is 1. The lowest BCUT2D eigenvalue weighted by atomic mass is 10.1. The van der Waals surface area contributed by atoms with Crippen LogP contribution < -0.4 is 5.32 Å². The predicted octanol–water partition coefficient (Wildman–Crippen LogP) is 4.71. The maximum Gasteiger partial charge on any atom is 0.338 e. The van der Waals surface area contributed by atoms with Crippen molar-refractivity contribution in [3.05, 3.63) is 63.6 Å². The lowest BCUT2D eigenvalue weighted by molar-refractivity contribution is -0.119. The third-order valence-electron chi connectivity index (χ3n) is 3.33. The molecule has 0 atom stereocenters. The fourth-order valence-electron chi connectivity index (χ4n) is 2.00. The van der Waals surface area contributed by atoms with Crippen molar-refractivity contribution in [2.75, 3.05) is 11.9 Å². The number of esters is 1. The number of carbonyl (C=O) groups excluding carboxylic acids is 2. The number of hydrogen-bond acceptors (Lipinski definition) is 4. The monoisotopic (exact) mass is 395 g/mol. The van der Waals surface area contributed by atoms with Gasteiger partial charge in [-0.25, -0.2) is 4.79 Å². The molecule has 0 aliphatic heterocycles. The number of nitrogens with one attached hydrogen (secondary N) is 1. The van der Waals surface area contributed by atoms with Gasteiger partial charge in [0.25, 0.3) is 5.91 Å². The molecular weight excluding hydrogens is 377 g/mol. The zero-order valence-corrected chi connectivity index (χ0v) is 15.9. The van der Waals surface area contributed by atoms with E-state index < -0.39 is 18.5 Å². The van der Waals surface area contributed by atoms with Crippen LogP contribution in [0.3, 0.4) is 0 Å². The Hall–Kier alpha value is -2.08. The van der Waals surface area contributed by atoms with Gasteiger partial charge in [-0.2, -0.15) is 0 Å².